The van der Waals surface area contributed by atoms with Gasteiger partial charge in [0.1, 0.15) is 23.5 Å². The number of hydrogen-bond acceptors (Lipinski definition) is 7. The fraction of sp³-hybridized carbons (Fsp3) is 0.233. The number of anilines is 1. The molecule has 1 fully saturated rings. The first-order valence-electron chi connectivity index (χ1n) is 12.4. The predicted octanol–water partition coefficient (Wildman–Crippen LogP) is 5.39. The monoisotopic (exact) mass is 530 g/mol. The lowest BCUT2D eigenvalue weighted by Crippen LogP contribution is -2.46. The SMILES string of the molecule is CC1CN(c2c(-c3cc(F)cc(F)c3)cnc3ccc(-c4cccc(C#N)c4O)cc23)CC[C@H]1N.COC=O. The molecule has 0 spiro atoms. The second-order valence-corrected chi connectivity index (χ2v) is 9.43. The van der Waals surface area contributed by atoms with E-state index in [1.165, 1.54) is 19.2 Å². The third-order valence-electron chi connectivity index (χ3n) is 6.86. The zero-order chi connectivity index (χ0) is 28.1. The molecule has 3 aromatic carbocycles. The van der Waals surface area contributed by atoms with E-state index in [1.54, 1.807) is 24.4 Å². The predicted molar refractivity (Wildman–Crippen MR) is 146 cm³/mol. The number of halogens is 2. The van der Waals surface area contributed by atoms with Gasteiger partial charge in [-0.15, -0.1) is 0 Å². The number of benzene rings is 3. The average molecular weight is 531 g/mol. The first-order chi connectivity index (χ1) is 18.8. The molecule has 3 N–H and O–H groups in total. The second kappa shape index (κ2) is 11.9. The van der Waals surface area contributed by atoms with Crippen LogP contribution in [0.25, 0.3) is 33.2 Å². The van der Waals surface area contributed by atoms with E-state index < -0.39 is 11.6 Å². The number of piperidine rings is 1. The van der Waals surface area contributed by atoms with Crippen LogP contribution in [0.1, 0.15) is 18.9 Å². The van der Waals surface area contributed by atoms with Crippen LogP contribution in [0.2, 0.25) is 0 Å². The maximum absolute atomic E-state index is 14.2. The average Bonchev–Trinajstić information content (AvgIpc) is 2.93. The third-order valence-corrected chi connectivity index (χ3v) is 6.86. The van der Waals surface area contributed by atoms with Crippen LogP contribution in [0, 0.1) is 28.9 Å². The summed E-state index contributed by atoms with van der Waals surface area (Å²) < 4.78 is 32.2. The Morgan fingerprint density at radius 3 is 2.49 bits per heavy atom. The standard InChI is InChI=1S/C28H24F2N4O.C2H4O2/c1-16-15-34(8-7-25(16)32)27-23-11-17(22-4-2-3-18(13-31)28(22)35)5-6-26(23)33-14-24(27)19-9-20(29)12-21(30)10-19;1-4-2-3/h2-6,9-12,14,16,25,35H,7-8,15,32H2,1H3;2H,1H3/t16?,25-;/m1./s1. The van der Waals surface area contributed by atoms with Crippen molar-refractivity contribution >= 4 is 23.1 Å². The number of nitrogens with two attached hydrogens (primary N) is 1. The van der Waals surface area contributed by atoms with Gasteiger partial charge in [0.05, 0.1) is 23.9 Å². The third kappa shape index (κ3) is 5.81. The highest BCUT2D eigenvalue weighted by Gasteiger charge is 2.27. The number of para-hydroxylation sites is 1. The van der Waals surface area contributed by atoms with Crippen molar-refractivity contribution < 1.29 is 23.4 Å². The molecular formula is C30H28F2N4O3. The Labute approximate surface area is 225 Å². The molecule has 7 nitrogen and oxygen atoms in total. The number of aromatic nitrogens is 1. The van der Waals surface area contributed by atoms with Gasteiger partial charge in [-0.3, -0.25) is 9.78 Å². The van der Waals surface area contributed by atoms with Crippen LogP contribution in [-0.2, 0) is 9.53 Å². The van der Waals surface area contributed by atoms with Gasteiger partial charge in [-0.2, -0.15) is 5.26 Å². The highest BCUT2D eigenvalue weighted by molar-refractivity contribution is 6.02. The van der Waals surface area contributed by atoms with E-state index >= 15 is 0 Å². The van der Waals surface area contributed by atoms with Crippen molar-refractivity contribution in [2.24, 2.45) is 11.7 Å². The van der Waals surface area contributed by atoms with Crippen LogP contribution in [0.4, 0.5) is 14.5 Å². The molecule has 0 bridgehead atoms. The van der Waals surface area contributed by atoms with Gasteiger partial charge in [-0.1, -0.05) is 25.1 Å². The van der Waals surface area contributed by atoms with Crippen molar-refractivity contribution in [3.05, 3.63) is 78.0 Å². The van der Waals surface area contributed by atoms with Gasteiger partial charge in [0.15, 0.2) is 0 Å². The van der Waals surface area contributed by atoms with E-state index in [0.29, 0.717) is 47.3 Å². The maximum Gasteiger partial charge on any atom is 0.292 e. The molecule has 1 unspecified atom stereocenters. The molecule has 4 aromatic rings. The maximum atomic E-state index is 14.2. The molecule has 0 aliphatic carbocycles. The van der Waals surface area contributed by atoms with Gasteiger partial charge in [0.25, 0.3) is 6.47 Å². The number of nitriles is 1. The minimum atomic E-state index is -0.660. The number of nitrogens with zero attached hydrogens (tertiary/aromatic N) is 3. The zero-order valence-corrected chi connectivity index (χ0v) is 21.6. The van der Waals surface area contributed by atoms with E-state index in [2.05, 4.69) is 21.5 Å². The molecule has 0 amide bonds. The van der Waals surface area contributed by atoms with Crippen molar-refractivity contribution in [1.29, 1.82) is 5.26 Å². The molecule has 1 saturated heterocycles. The molecule has 1 aromatic heterocycles. The highest BCUT2D eigenvalue weighted by Crippen LogP contribution is 2.41. The van der Waals surface area contributed by atoms with E-state index in [-0.39, 0.29) is 23.3 Å². The van der Waals surface area contributed by atoms with E-state index in [0.717, 1.165) is 23.6 Å². The summed E-state index contributed by atoms with van der Waals surface area (Å²) in [5.41, 5.74) is 10.2. The van der Waals surface area contributed by atoms with Crippen LogP contribution in [0.5, 0.6) is 5.75 Å². The van der Waals surface area contributed by atoms with Crippen molar-refractivity contribution in [3.8, 4) is 34.1 Å². The van der Waals surface area contributed by atoms with Gasteiger partial charge in [0.2, 0.25) is 0 Å². The fourth-order valence-electron chi connectivity index (χ4n) is 4.84. The molecule has 2 atom stereocenters. The van der Waals surface area contributed by atoms with Crippen LogP contribution < -0.4 is 10.6 Å². The molecule has 1 aliphatic heterocycles. The molecular weight excluding hydrogens is 502 g/mol. The summed E-state index contributed by atoms with van der Waals surface area (Å²) in [6.45, 7) is 3.85. The molecule has 0 saturated carbocycles. The molecule has 5 rings (SSSR count). The number of phenolic OH excluding ortho intramolecular Hbond substituents is 1. The minimum Gasteiger partial charge on any atom is -0.506 e. The fourth-order valence-corrected chi connectivity index (χ4v) is 4.84. The quantitative estimate of drug-likeness (QED) is 0.340. The summed E-state index contributed by atoms with van der Waals surface area (Å²) in [5, 5.41) is 20.8. The Morgan fingerprint density at radius 1 is 1.13 bits per heavy atom. The summed E-state index contributed by atoms with van der Waals surface area (Å²) in [6.07, 6.45) is 2.44. The number of fused-ring (bicyclic) bond motifs is 1. The van der Waals surface area contributed by atoms with Gasteiger partial charge in [-0.25, -0.2) is 8.78 Å². The summed E-state index contributed by atoms with van der Waals surface area (Å²) in [4.78, 5) is 15.7. The van der Waals surface area contributed by atoms with Crippen LogP contribution in [0.3, 0.4) is 0 Å². The lowest BCUT2D eigenvalue weighted by Gasteiger charge is -2.38. The summed E-state index contributed by atoms with van der Waals surface area (Å²) in [5.74, 6) is -1.19. The lowest BCUT2D eigenvalue weighted by molar-refractivity contribution is -0.126. The Morgan fingerprint density at radius 2 is 1.85 bits per heavy atom. The minimum absolute atomic E-state index is 0.0793. The number of carbonyl (C=O) groups is 1. The number of aromatic hydroxyl groups is 1. The number of pyridine rings is 1. The van der Waals surface area contributed by atoms with E-state index in [9.17, 15) is 19.1 Å². The van der Waals surface area contributed by atoms with Gasteiger partial charge < -0.3 is 20.5 Å². The van der Waals surface area contributed by atoms with Crippen molar-refractivity contribution in [1.82, 2.24) is 4.98 Å². The number of hydrogen-bond donors (Lipinski definition) is 2. The molecule has 39 heavy (non-hydrogen) atoms. The van der Waals surface area contributed by atoms with Crippen LogP contribution in [0.15, 0.2) is 60.8 Å². The normalized spacial score (nSPS) is 16.7. The van der Waals surface area contributed by atoms with Crippen molar-refractivity contribution in [2.45, 2.75) is 19.4 Å². The number of phenols is 1. The Kier molecular flexibility index (Phi) is 8.37. The number of methoxy groups -OCH3 is 1. The first kappa shape index (κ1) is 27.5. The first-order valence-corrected chi connectivity index (χ1v) is 12.4. The van der Waals surface area contributed by atoms with Crippen LogP contribution in [-0.4, -0.2) is 42.8 Å². The van der Waals surface area contributed by atoms with E-state index in [1.807, 2.05) is 24.3 Å². The second-order valence-electron chi connectivity index (χ2n) is 9.43. The topological polar surface area (TPSA) is 112 Å². The van der Waals surface area contributed by atoms with Crippen LogP contribution >= 0.6 is 0 Å². The Balaban J connectivity index is 0.000000826. The van der Waals surface area contributed by atoms with Gasteiger partial charge in [0, 0.05) is 47.9 Å². The molecule has 2 heterocycles. The smallest absolute Gasteiger partial charge is 0.292 e. The Bertz CT molecular complexity index is 1530. The molecule has 9 heteroatoms. The van der Waals surface area contributed by atoms with Gasteiger partial charge >= 0.3 is 0 Å². The van der Waals surface area contributed by atoms with Crippen molar-refractivity contribution in [3.63, 3.8) is 0 Å². The number of rotatable bonds is 4. The lowest BCUT2D eigenvalue weighted by atomic mass is 9.92. The number of ether oxygens (including phenoxy) is 1. The van der Waals surface area contributed by atoms with E-state index in [4.69, 9.17) is 10.5 Å². The van der Waals surface area contributed by atoms with Gasteiger partial charge in [-0.05, 0) is 53.8 Å². The zero-order valence-electron chi connectivity index (χ0n) is 21.6. The largest absolute Gasteiger partial charge is 0.506 e. The Hall–Kier alpha value is -4.55. The summed E-state index contributed by atoms with van der Waals surface area (Å²) in [7, 11) is 1.31. The molecule has 200 valence electrons. The number of carbonyl (C=O) groups excluding carboxylic acids is 1. The molecule has 1 aliphatic rings. The van der Waals surface area contributed by atoms with Crippen molar-refractivity contribution in [2.75, 3.05) is 25.1 Å². The summed E-state index contributed by atoms with van der Waals surface area (Å²) in [6, 6.07) is 16.2. The summed E-state index contributed by atoms with van der Waals surface area (Å²) >= 11 is 0. The molecule has 0 radical (unpaired) electrons. The highest BCUT2D eigenvalue weighted by atomic mass is 19.1.